The van der Waals surface area contributed by atoms with Gasteiger partial charge in [-0.25, -0.2) is 0 Å². The second kappa shape index (κ2) is 41.6. The summed E-state index contributed by atoms with van der Waals surface area (Å²) < 4.78 is 16.6. The molecular formula is C47H78O6. The van der Waals surface area contributed by atoms with Gasteiger partial charge >= 0.3 is 17.9 Å². The SMILES string of the molecule is CC\C=C/C=C\C=C/C=C\C=C/CCCC(=O)OCC(COC(=O)CCCCCC/C=C\CCCC)OC(=O)CCCCCCCCCCCCCC. The molecule has 0 aliphatic carbocycles. The van der Waals surface area contributed by atoms with Gasteiger partial charge in [0.2, 0.25) is 0 Å². The molecule has 302 valence electrons. The van der Waals surface area contributed by atoms with E-state index < -0.39 is 6.10 Å². The van der Waals surface area contributed by atoms with Crippen molar-refractivity contribution in [2.45, 2.75) is 194 Å². The van der Waals surface area contributed by atoms with Gasteiger partial charge in [0.25, 0.3) is 0 Å². The Morgan fingerprint density at radius 1 is 0.396 bits per heavy atom. The maximum absolute atomic E-state index is 12.7. The molecule has 0 heterocycles. The highest BCUT2D eigenvalue weighted by Gasteiger charge is 2.19. The lowest BCUT2D eigenvalue weighted by Gasteiger charge is -2.18. The summed E-state index contributed by atoms with van der Waals surface area (Å²) in [6, 6.07) is 0. The standard InChI is InChI=1S/C47H78O6/c1-4-7-10-13-16-19-22-24-26-28-31-34-37-40-46(49)52-43-44(42-51-45(48)39-36-33-30-27-21-18-15-12-9-6-3)53-47(50)41-38-35-32-29-25-23-20-17-14-11-8-5-2/h7,10,13,15-16,18-19,22,24,26,28,31,44H,4-6,8-9,11-12,14,17,20-21,23,25,27,29-30,32-43H2,1-3H3/b10-7-,16-13-,18-15-,22-19-,26-24-,31-28-. The summed E-state index contributed by atoms with van der Waals surface area (Å²) in [5.74, 6) is -1.00. The molecule has 0 radical (unpaired) electrons. The molecule has 0 aliphatic heterocycles. The highest BCUT2D eigenvalue weighted by atomic mass is 16.6. The minimum atomic E-state index is -0.803. The Bertz CT molecular complexity index is 1030. The van der Waals surface area contributed by atoms with Crippen LogP contribution in [0, 0.1) is 0 Å². The highest BCUT2D eigenvalue weighted by Crippen LogP contribution is 2.14. The molecule has 1 atom stereocenters. The van der Waals surface area contributed by atoms with Gasteiger partial charge in [0.1, 0.15) is 13.2 Å². The minimum Gasteiger partial charge on any atom is -0.462 e. The fraction of sp³-hybridized carbons (Fsp3) is 0.681. The Hall–Kier alpha value is -3.15. The summed E-state index contributed by atoms with van der Waals surface area (Å²) in [5, 5.41) is 0. The number of carbonyl (C=O) groups is 3. The zero-order chi connectivity index (χ0) is 38.7. The van der Waals surface area contributed by atoms with E-state index in [9.17, 15) is 14.4 Å². The molecule has 53 heavy (non-hydrogen) atoms. The van der Waals surface area contributed by atoms with Crippen LogP contribution < -0.4 is 0 Å². The molecule has 0 aromatic rings. The van der Waals surface area contributed by atoms with Gasteiger partial charge in [-0.05, 0) is 51.4 Å². The summed E-state index contributed by atoms with van der Waals surface area (Å²) in [7, 11) is 0. The van der Waals surface area contributed by atoms with Gasteiger partial charge in [-0.1, -0.05) is 190 Å². The Balaban J connectivity index is 4.52. The predicted octanol–water partition coefficient (Wildman–Crippen LogP) is 13.5. The maximum atomic E-state index is 12.7. The van der Waals surface area contributed by atoms with Crippen molar-refractivity contribution in [1.82, 2.24) is 0 Å². The maximum Gasteiger partial charge on any atom is 0.306 e. The molecule has 0 saturated heterocycles. The van der Waals surface area contributed by atoms with E-state index in [1.807, 2.05) is 54.7 Å². The van der Waals surface area contributed by atoms with Crippen LogP contribution >= 0.6 is 0 Å². The third-order valence-electron chi connectivity index (χ3n) is 8.82. The molecule has 6 nitrogen and oxygen atoms in total. The fourth-order valence-corrected chi connectivity index (χ4v) is 5.57. The smallest absolute Gasteiger partial charge is 0.306 e. The van der Waals surface area contributed by atoms with E-state index in [2.05, 4.69) is 39.0 Å². The molecule has 0 aliphatic rings. The average molecular weight is 739 g/mol. The largest absolute Gasteiger partial charge is 0.462 e. The monoisotopic (exact) mass is 739 g/mol. The van der Waals surface area contributed by atoms with E-state index in [4.69, 9.17) is 14.2 Å². The van der Waals surface area contributed by atoms with E-state index in [1.165, 1.54) is 70.6 Å². The van der Waals surface area contributed by atoms with Crippen molar-refractivity contribution in [1.29, 1.82) is 0 Å². The van der Waals surface area contributed by atoms with Crippen molar-refractivity contribution in [3.8, 4) is 0 Å². The van der Waals surface area contributed by atoms with Gasteiger partial charge in [0.05, 0.1) is 0 Å². The van der Waals surface area contributed by atoms with E-state index in [-0.39, 0.29) is 37.5 Å². The molecule has 0 saturated carbocycles. The van der Waals surface area contributed by atoms with Crippen LogP contribution in [0.1, 0.15) is 188 Å². The second-order valence-electron chi connectivity index (χ2n) is 14.0. The number of hydrogen-bond donors (Lipinski definition) is 0. The highest BCUT2D eigenvalue weighted by molar-refractivity contribution is 5.71. The molecule has 0 fully saturated rings. The van der Waals surface area contributed by atoms with Crippen molar-refractivity contribution in [2.24, 2.45) is 0 Å². The molecule has 6 heteroatoms. The summed E-state index contributed by atoms with van der Waals surface area (Å²) in [6.45, 7) is 6.34. The van der Waals surface area contributed by atoms with E-state index in [0.29, 0.717) is 19.3 Å². The Labute approximate surface area is 325 Å². The topological polar surface area (TPSA) is 78.9 Å². The molecule has 1 unspecified atom stereocenters. The number of allylic oxidation sites excluding steroid dienone is 12. The third-order valence-corrected chi connectivity index (χ3v) is 8.82. The van der Waals surface area contributed by atoms with Gasteiger partial charge in [0, 0.05) is 19.3 Å². The number of hydrogen-bond acceptors (Lipinski definition) is 6. The van der Waals surface area contributed by atoms with Crippen LogP contribution in [0.4, 0.5) is 0 Å². The molecule has 0 bridgehead atoms. The van der Waals surface area contributed by atoms with E-state index in [1.54, 1.807) is 0 Å². The molecule has 0 amide bonds. The van der Waals surface area contributed by atoms with Crippen molar-refractivity contribution in [2.75, 3.05) is 13.2 Å². The van der Waals surface area contributed by atoms with E-state index in [0.717, 1.165) is 70.6 Å². The zero-order valence-corrected chi connectivity index (χ0v) is 34.3. The molecule has 0 rings (SSSR count). The second-order valence-corrected chi connectivity index (χ2v) is 14.0. The number of ether oxygens (including phenoxy) is 3. The summed E-state index contributed by atoms with van der Waals surface area (Å²) >= 11 is 0. The van der Waals surface area contributed by atoms with Gasteiger partial charge in [-0.2, -0.15) is 0 Å². The Morgan fingerprint density at radius 2 is 0.792 bits per heavy atom. The van der Waals surface area contributed by atoms with Crippen molar-refractivity contribution < 1.29 is 28.6 Å². The molecule has 0 aromatic carbocycles. The van der Waals surface area contributed by atoms with Crippen LogP contribution in [-0.2, 0) is 28.6 Å². The molecule has 0 aromatic heterocycles. The van der Waals surface area contributed by atoms with Crippen LogP contribution in [0.3, 0.4) is 0 Å². The Kier molecular flexibility index (Phi) is 39.1. The number of rotatable bonds is 37. The number of esters is 3. The molecule has 0 spiro atoms. The van der Waals surface area contributed by atoms with Crippen LogP contribution in [0.2, 0.25) is 0 Å². The van der Waals surface area contributed by atoms with Gasteiger partial charge in [0.15, 0.2) is 6.10 Å². The lowest BCUT2D eigenvalue weighted by atomic mass is 10.0. The number of unbranched alkanes of at least 4 members (excludes halogenated alkanes) is 18. The lowest BCUT2D eigenvalue weighted by molar-refractivity contribution is -0.167. The van der Waals surface area contributed by atoms with Gasteiger partial charge in [-0.15, -0.1) is 0 Å². The minimum absolute atomic E-state index is 0.104. The summed E-state index contributed by atoms with van der Waals surface area (Å²) in [5.41, 5.74) is 0. The van der Waals surface area contributed by atoms with E-state index >= 15 is 0 Å². The van der Waals surface area contributed by atoms with Crippen LogP contribution in [-0.4, -0.2) is 37.2 Å². The van der Waals surface area contributed by atoms with Crippen molar-refractivity contribution in [3.63, 3.8) is 0 Å². The van der Waals surface area contributed by atoms with Crippen molar-refractivity contribution >= 4 is 17.9 Å². The number of carbonyl (C=O) groups excluding carboxylic acids is 3. The van der Waals surface area contributed by atoms with Crippen LogP contribution in [0.15, 0.2) is 72.9 Å². The van der Waals surface area contributed by atoms with Gasteiger partial charge in [-0.3, -0.25) is 14.4 Å². The average Bonchev–Trinajstić information content (AvgIpc) is 3.15. The molecular weight excluding hydrogens is 661 g/mol. The fourth-order valence-electron chi connectivity index (χ4n) is 5.57. The predicted molar refractivity (Wildman–Crippen MR) is 224 cm³/mol. The first kappa shape index (κ1) is 49.9. The van der Waals surface area contributed by atoms with Crippen LogP contribution in [0.5, 0.6) is 0 Å². The van der Waals surface area contributed by atoms with Crippen molar-refractivity contribution in [3.05, 3.63) is 72.9 Å². The first-order chi connectivity index (χ1) is 26.0. The summed E-state index contributed by atoms with van der Waals surface area (Å²) in [4.78, 5) is 37.6. The third kappa shape index (κ3) is 39.9. The molecule has 0 N–H and O–H groups in total. The summed E-state index contributed by atoms with van der Waals surface area (Å²) in [6.07, 6.45) is 50.3. The van der Waals surface area contributed by atoms with Gasteiger partial charge < -0.3 is 14.2 Å². The van der Waals surface area contributed by atoms with Crippen LogP contribution in [0.25, 0.3) is 0 Å². The quantitative estimate of drug-likeness (QED) is 0.0208. The first-order valence-corrected chi connectivity index (χ1v) is 21.5. The zero-order valence-electron chi connectivity index (χ0n) is 34.3. The normalized spacial score (nSPS) is 12.7. The first-order valence-electron chi connectivity index (χ1n) is 21.5. The Morgan fingerprint density at radius 3 is 1.32 bits per heavy atom. The lowest BCUT2D eigenvalue weighted by Crippen LogP contribution is -2.30.